The Morgan fingerprint density at radius 3 is 2.83 bits per heavy atom. The fraction of sp³-hybridized carbons (Fsp3) is 0.571. The Labute approximate surface area is 168 Å². The molecular formula is C21H26N2O6. The number of fused-ring (bicyclic) bond motifs is 2. The molecule has 3 heterocycles. The Kier molecular flexibility index (Phi) is 3.72. The number of quaternary nitrogens is 1. The quantitative estimate of drug-likeness (QED) is 0.393. The van der Waals surface area contributed by atoms with E-state index in [0.29, 0.717) is 36.4 Å². The molecule has 156 valence electrons. The predicted molar refractivity (Wildman–Crippen MR) is 104 cm³/mol. The van der Waals surface area contributed by atoms with Gasteiger partial charge in [0.05, 0.1) is 43.5 Å². The van der Waals surface area contributed by atoms with Gasteiger partial charge in [0.1, 0.15) is 23.9 Å². The van der Waals surface area contributed by atoms with Crippen LogP contribution in [0.5, 0.6) is 5.75 Å². The molecule has 0 radical (unpaired) electrons. The number of rotatable bonds is 3. The van der Waals surface area contributed by atoms with Gasteiger partial charge in [-0.2, -0.15) is 0 Å². The van der Waals surface area contributed by atoms with Gasteiger partial charge in [-0.1, -0.05) is 12.1 Å². The maximum absolute atomic E-state index is 13.9. The van der Waals surface area contributed by atoms with Crippen LogP contribution in [-0.2, 0) is 14.9 Å². The Morgan fingerprint density at radius 1 is 1.41 bits per heavy atom. The number of hydroxylamine groups is 3. The van der Waals surface area contributed by atoms with Crippen LogP contribution in [0.3, 0.4) is 0 Å². The fourth-order valence-corrected chi connectivity index (χ4v) is 6.44. The first-order valence-corrected chi connectivity index (χ1v) is 9.98. The topological polar surface area (TPSA) is 111 Å². The molecule has 1 aromatic carbocycles. The largest absolute Gasteiger partial charge is 0.632 e. The van der Waals surface area contributed by atoms with E-state index < -0.39 is 33.7 Å². The monoisotopic (exact) mass is 402 g/mol. The normalized spacial score (nSPS) is 40.1. The molecule has 0 amide bonds. The SMILES string of the molecule is COC(=O)C1=C2Nc3c(OC)cccc3[C@@]23CC[N+]2([O-])C[C@@](O)([C@H](C)O)[C@@H]1C[C@@H]32. The first-order valence-electron chi connectivity index (χ1n) is 9.98. The number of aliphatic hydroxyl groups excluding tert-OH is 1. The number of para-hydroxylation sites is 1. The van der Waals surface area contributed by atoms with Gasteiger partial charge in [-0.25, -0.2) is 4.79 Å². The zero-order valence-electron chi connectivity index (χ0n) is 16.8. The third kappa shape index (κ3) is 2.05. The van der Waals surface area contributed by atoms with Crippen molar-refractivity contribution < 1.29 is 29.1 Å². The zero-order valence-corrected chi connectivity index (χ0v) is 16.8. The number of hydrogen-bond acceptors (Lipinski definition) is 7. The number of hydrogen-bond donors (Lipinski definition) is 3. The third-order valence-corrected chi connectivity index (χ3v) is 7.77. The Morgan fingerprint density at radius 2 is 2.17 bits per heavy atom. The van der Waals surface area contributed by atoms with E-state index in [1.54, 1.807) is 7.11 Å². The maximum atomic E-state index is 13.9. The van der Waals surface area contributed by atoms with Gasteiger partial charge in [0, 0.05) is 24.5 Å². The van der Waals surface area contributed by atoms with Crippen molar-refractivity contribution in [3.63, 3.8) is 0 Å². The standard InChI is InChI=1S/C21H26N2O6/c1-11(24)21(26)10-23(27)8-7-20-12-5-4-6-14(28-2)17(12)22-18(20)16(19(25)29-3)13(21)9-15(20)23/h4-6,11,13,15,22,24,26H,7-10H2,1-3H3/t11-,13+,15-,20+,21+,23?/m0/s1. The summed E-state index contributed by atoms with van der Waals surface area (Å²) in [5.74, 6) is -0.590. The number of carbonyl (C=O) groups is 1. The van der Waals surface area contributed by atoms with Crippen molar-refractivity contribution >= 4 is 11.7 Å². The Hall–Kier alpha value is -2.13. The average molecular weight is 402 g/mol. The molecule has 1 unspecified atom stereocenters. The van der Waals surface area contributed by atoms with Crippen molar-refractivity contribution in [1.29, 1.82) is 0 Å². The van der Waals surface area contributed by atoms with Crippen molar-refractivity contribution in [1.82, 2.24) is 0 Å². The number of esters is 1. The highest BCUT2D eigenvalue weighted by Gasteiger charge is 2.71. The third-order valence-electron chi connectivity index (χ3n) is 7.77. The number of ether oxygens (including phenoxy) is 2. The zero-order chi connectivity index (χ0) is 20.8. The summed E-state index contributed by atoms with van der Waals surface area (Å²) in [6.45, 7) is 1.64. The summed E-state index contributed by atoms with van der Waals surface area (Å²) in [6, 6.07) is 5.37. The van der Waals surface area contributed by atoms with Crippen LogP contribution in [0.15, 0.2) is 29.5 Å². The Bertz CT molecular complexity index is 945. The average Bonchev–Trinajstić information content (AvgIpc) is 3.20. The number of anilines is 1. The summed E-state index contributed by atoms with van der Waals surface area (Å²) in [5.41, 5.74) is 0.318. The molecule has 1 aromatic rings. The second-order valence-corrected chi connectivity index (χ2v) is 8.81. The van der Waals surface area contributed by atoms with Crippen LogP contribution in [0.1, 0.15) is 25.3 Å². The number of nitrogens with zero attached hydrogens (tertiary/aromatic N) is 1. The maximum Gasteiger partial charge on any atom is 0.335 e. The van der Waals surface area contributed by atoms with Gasteiger partial charge in [0.15, 0.2) is 0 Å². The van der Waals surface area contributed by atoms with Crippen LogP contribution in [0.4, 0.5) is 5.69 Å². The lowest BCUT2D eigenvalue weighted by Gasteiger charge is -2.60. The van der Waals surface area contributed by atoms with E-state index in [-0.39, 0.29) is 12.6 Å². The molecule has 0 saturated carbocycles. The molecule has 1 spiro atoms. The summed E-state index contributed by atoms with van der Waals surface area (Å²) in [4.78, 5) is 12.9. The van der Waals surface area contributed by atoms with Gasteiger partial charge >= 0.3 is 5.97 Å². The van der Waals surface area contributed by atoms with Gasteiger partial charge in [0.25, 0.3) is 0 Å². The van der Waals surface area contributed by atoms with Crippen molar-refractivity contribution in [2.45, 2.75) is 42.9 Å². The van der Waals surface area contributed by atoms with Crippen molar-refractivity contribution in [3.05, 3.63) is 40.2 Å². The van der Waals surface area contributed by atoms with E-state index in [0.717, 1.165) is 11.3 Å². The summed E-state index contributed by atoms with van der Waals surface area (Å²) in [6.07, 6.45) is -0.298. The smallest absolute Gasteiger partial charge is 0.335 e. The van der Waals surface area contributed by atoms with Gasteiger partial charge in [-0.05, 0) is 18.6 Å². The molecule has 29 heavy (non-hydrogen) atoms. The lowest BCUT2D eigenvalue weighted by Crippen LogP contribution is -2.71. The summed E-state index contributed by atoms with van der Waals surface area (Å²) in [7, 11) is 2.89. The molecule has 8 heteroatoms. The molecule has 4 aliphatic rings. The van der Waals surface area contributed by atoms with E-state index >= 15 is 0 Å². The molecule has 8 nitrogen and oxygen atoms in total. The van der Waals surface area contributed by atoms with Crippen LogP contribution < -0.4 is 10.1 Å². The van der Waals surface area contributed by atoms with Crippen LogP contribution in [-0.4, -0.2) is 65.9 Å². The lowest BCUT2D eigenvalue weighted by atomic mass is 9.58. The fourth-order valence-electron chi connectivity index (χ4n) is 6.44. The molecule has 2 saturated heterocycles. The van der Waals surface area contributed by atoms with Gasteiger partial charge in [-0.15, -0.1) is 0 Å². The molecular weight excluding hydrogens is 376 g/mol. The molecule has 6 atom stereocenters. The molecule has 5 rings (SSSR count). The van der Waals surface area contributed by atoms with E-state index in [2.05, 4.69) is 5.32 Å². The van der Waals surface area contributed by atoms with E-state index in [9.17, 15) is 20.2 Å². The van der Waals surface area contributed by atoms with Crippen LogP contribution in [0.2, 0.25) is 0 Å². The molecule has 3 N–H and O–H groups in total. The first kappa shape index (κ1) is 18.9. The minimum Gasteiger partial charge on any atom is -0.632 e. The van der Waals surface area contributed by atoms with Crippen LogP contribution in [0.25, 0.3) is 0 Å². The van der Waals surface area contributed by atoms with E-state index in [1.165, 1.54) is 14.0 Å². The van der Waals surface area contributed by atoms with E-state index in [1.807, 2.05) is 18.2 Å². The second-order valence-electron chi connectivity index (χ2n) is 8.81. The lowest BCUT2D eigenvalue weighted by molar-refractivity contribution is -0.909. The molecule has 2 fully saturated rings. The highest BCUT2D eigenvalue weighted by Crippen LogP contribution is 2.65. The highest BCUT2D eigenvalue weighted by molar-refractivity contribution is 5.94. The van der Waals surface area contributed by atoms with Crippen LogP contribution >= 0.6 is 0 Å². The van der Waals surface area contributed by atoms with Gasteiger partial charge in [0.2, 0.25) is 0 Å². The number of methoxy groups -OCH3 is 2. The summed E-state index contributed by atoms with van der Waals surface area (Å²) >= 11 is 0. The highest BCUT2D eigenvalue weighted by atomic mass is 16.6. The number of carbonyl (C=O) groups excluding carboxylic acids is 1. The number of benzene rings is 1. The second kappa shape index (κ2) is 5.72. The Balaban J connectivity index is 1.84. The van der Waals surface area contributed by atoms with Crippen molar-refractivity contribution in [2.75, 3.05) is 32.6 Å². The molecule has 2 bridgehead atoms. The number of aliphatic hydroxyl groups is 2. The van der Waals surface area contributed by atoms with E-state index in [4.69, 9.17) is 9.47 Å². The van der Waals surface area contributed by atoms with Gasteiger partial charge < -0.3 is 34.9 Å². The van der Waals surface area contributed by atoms with Gasteiger partial charge in [-0.3, -0.25) is 0 Å². The molecule has 0 aromatic heterocycles. The first-order chi connectivity index (χ1) is 13.7. The van der Waals surface area contributed by atoms with Crippen molar-refractivity contribution in [3.8, 4) is 5.75 Å². The molecule has 3 aliphatic heterocycles. The predicted octanol–water partition coefficient (Wildman–Crippen LogP) is 1.02. The minimum atomic E-state index is -1.70. The summed E-state index contributed by atoms with van der Waals surface area (Å²) in [5, 5.41) is 39.2. The minimum absolute atomic E-state index is 0.144. The number of nitrogens with one attached hydrogen (secondary N) is 1. The van der Waals surface area contributed by atoms with Crippen molar-refractivity contribution in [2.24, 2.45) is 5.92 Å². The molecule has 1 aliphatic carbocycles. The van der Waals surface area contributed by atoms with Crippen LogP contribution in [0, 0.1) is 11.1 Å². The number of piperidine rings is 1. The summed E-state index contributed by atoms with van der Waals surface area (Å²) < 4.78 is 10.1.